The van der Waals surface area contributed by atoms with Crippen LogP contribution in [0.25, 0.3) is 0 Å². The van der Waals surface area contributed by atoms with Crippen LogP contribution in [-0.4, -0.2) is 11.9 Å². The lowest BCUT2D eigenvalue weighted by atomic mass is 9.92. The van der Waals surface area contributed by atoms with Crippen molar-refractivity contribution in [2.24, 2.45) is 5.92 Å². The van der Waals surface area contributed by atoms with Crippen LogP contribution in [0.15, 0.2) is 35.7 Å². The Morgan fingerprint density at radius 3 is 3.17 bits per heavy atom. The van der Waals surface area contributed by atoms with E-state index in [1.54, 1.807) is 0 Å². The van der Waals surface area contributed by atoms with Crippen LogP contribution in [0.1, 0.15) is 19.8 Å². The monoisotopic (exact) mass is 161 g/mol. The number of allylic oxidation sites excluding steroid dienone is 4. The molecule has 1 aliphatic heterocycles. The quantitative estimate of drug-likeness (QED) is 0.528. The Morgan fingerprint density at radius 2 is 2.33 bits per heavy atom. The van der Waals surface area contributed by atoms with Gasteiger partial charge in [-0.25, -0.2) is 0 Å². The van der Waals surface area contributed by atoms with Crippen LogP contribution in [-0.2, 0) is 0 Å². The van der Waals surface area contributed by atoms with E-state index < -0.39 is 0 Å². The highest BCUT2D eigenvalue weighted by atomic mass is 15.1. The van der Waals surface area contributed by atoms with Gasteiger partial charge in [-0.3, -0.25) is 0 Å². The minimum Gasteiger partial charge on any atom is -0.351 e. The molecule has 0 spiro atoms. The largest absolute Gasteiger partial charge is 0.351 e. The van der Waals surface area contributed by atoms with Gasteiger partial charge in [0, 0.05) is 18.9 Å². The normalized spacial score (nSPS) is 27.8. The molecule has 1 heteroatoms. The molecule has 0 aromatic carbocycles. The molecule has 2 aliphatic rings. The third-order valence-electron chi connectivity index (χ3n) is 2.55. The number of fused-ring (bicyclic) bond motifs is 1. The molecule has 0 aromatic rings. The lowest BCUT2D eigenvalue weighted by molar-refractivity contribution is 0.534. The van der Waals surface area contributed by atoms with Crippen molar-refractivity contribution < 1.29 is 0 Å². The smallest absolute Gasteiger partial charge is 0.0398 e. The molecule has 1 heterocycles. The van der Waals surface area contributed by atoms with Gasteiger partial charge in [-0.05, 0) is 24.3 Å². The average Bonchev–Trinajstić information content (AvgIpc) is 2.07. The highest BCUT2D eigenvalue weighted by Crippen LogP contribution is 2.29. The zero-order valence-electron chi connectivity index (χ0n) is 7.75. The molecule has 2 rings (SSSR count). The van der Waals surface area contributed by atoms with Crippen molar-refractivity contribution in [2.45, 2.75) is 19.8 Å². The standard InChI is InChI=1S/C11H15N/c1-9-5-6-10-4-3-7-12(2)11(10)8-9/h3,6-9H,4-5H2,1-2H3. The summed E-state index contributed by atoms with van der Waals surface area (Å²) in [6.45, 7) is 2.27. The maximum absolute atomic E-state index is 2.38. The van der Waals surface area contributed by atoms with Gasteiger partial charge in [0.15, 0.2) is 0 Å². The van der Waals surface area contributed by atoms with Crippen LogP contribution in [0.4, 0.5) is 0 Å². The van der Waals surface area contributed by atoms with E-state index in [2.05, 4.69) is 43.3 Å². The summed E-state index contributed by atoms with van der Waals surface area (Å²) < 4.78 is 0. The number of hydrogen-bond acceptors (Lipinski definition) is 1. The summed E-state index contributed by atoms with van der Waals surface area (Å²) in [6, 6.07) is 0. The summed E-state index contributed by atoms with van der Waals surface area (Å²) in [7, 11) is 2.12. The Bertz CT molecular complexity index is 271. The third-order valence-corrected chi connectivity index (χ3v) is 2.55. The predicted molar refractivity (Wildman–Crippen MR) is 51.5 cm³/mol. The third kappa shape index (κ3) is 1.20. The summed E-state index contributed by atoms with van der Waals surface area (Å²) in [5.41, 5.74) is 2.91. The number of rotatable bonds is 0. The molecule has 0 saturated carbocycles. The fourth-order valence-electron chi connectivity index (χ4n) is 1.83. The first-order valence-electron chi connectivity index (χ1n) is 4.58. The first-order valence-corrected chi connectivity index (χ1v) is 4.58. The number of hydrogen-bond donors (Lipinski definition) is 0. The van der Waals surface area contributed by atoms with Crippen LogP contribution >= 0.6 is 0 Å². The van der Waals surface area contributed by atoms with Gasteiger partial charge >= 0.3 is 0 Å². The average molecular weight is 161 g/mol. The molecule has 0 aromatic heterocycles. The molecule has 0 radical (unpaired) electrons. The van der Waals surface area contributed by atoms with Crippen molar-refractivity contribution in [3.05, 3.63) is 35.7 Å². The SMILES string of the molecule is CC1C=C2C(=CC1)CC=CN2C. The Labute approximate surface area is 74.1 Å². The molecule has 64 valence electrons. The fraction of sp³-hybridized carbons (Fsp3) is 0.455. The minimum absolute atomic E-state index is 0.706. The fourth-order valence-corrected chi connectivity index (χ4v) is 1.83. The minimum atomic E-state index is 0.706. The Kier molecular flexibility index (Phi) is 1.80. The highest BCUT2D eigenvalue weighted by molar-refractivity contribution is 5.38. The first kappa shape index (κ1) is 7.66. The predicted octanol–water partition coefficient (Wildman–Crippen LogP) is 2.69. The number of nitrogens with zero attached hydrogens (tertiary/aromatic N) is 1. The van der Waals surface area contributed by atoms with Gasteiger partial charge in [-0.2, -0.15) is 0 Å². The molecule has 1 aliphatic carbocycles. The van der Waals surface area contributed by atoms with Gasteiger partial charge in [0.05, 0.1) is 0 Å². The lowest BCUT2D eigenvalue weighted by Crippen LogP contribution is -2.18. The Hall–Kier alpha value is -0.980. The molecule has 0 N–H and O–H groups in total. The van der Waals surface area contributed by atoms with E-state index in [-0.39, 0.29) is 0 Å². The molecular weight excluding hydrogens is 146 g/mol. The summed E-state index contributed by atoms with van der Waals surface area (Å²) in [4.78, 5) is 2.21. The van der Waals surface area contributed by atoms with E-state index in [9.17, 15) is 0 Å². The molecule has 0 amide bonds. The zero-order chi connectivity index (χ0) is 8.55. The molecule has 0 bridgehead atoms. The van der Waals surface area contributed by atoms with Crippen LogP contribution in [0.3, 0.4) is 0 Å². The molecule has 0 saturated heterocycles. The maximum Gasteiger partial charge on any atom is 0.0398 e. The van der Waals surface area contributed by atoms with E-state index in [0.717, 1.165) is 6.42 Å². The van der Waals surface area contributed by atoms with Crippen molar-refractivity contribution >= 4 is 0 Å². The van der Waals surface area contributed by atoms with E-state index in [0.29, 0.717) is 5.92 Å². The van der Waals surface area contributed by atoms with Gasteiger partial charge in [-0.1, -0.05) is 25.2 Å². The molecular formula is C11H15N. The van der Waals surface area contributed by atoms with Gasteiger partial charge in [0.25, 0.3) is 0 Å². The van der Waals surface area contributed by atoms with Crippen molar-refractivity contribution in [1.82, 2.24) is 4.90 Å². The number of likely N-dealkylation sites (N-methyl/N-ethyl adjacent to an activating group) is 1. The van der Waals surface area contributed by atoms with Gasteiger partial charge < -0.3 is 4.90 Å². The van der Waals surface area contributed by atoms with Crippen LogP contribution in [0, 0.1) is 5.92 Å². The van der Waals surface area contributed by atoms with Crippen LogP contribution in [0.5, 0.6) is 0 Å². The van der Waals surface area contributed by atoms with Crippen molar-refractivity contribution in [1.29, 1.82) is 0 Å². The Balaban J connectivity index is 2.34. The second-order valence-corrected chi connectivity index (χ2v) is 3.69. The van der Waals surface area contributed by atoms with Crippen molar-refractivity contribution in [3.63, 3.8) is 0 Å². The summed E-state index contributed by atoms with van der Waals surface area (Å²) in [5.74, 6) is 0.706. The Morgan fingerprint density at radius 1 is 1.50 bits per heavy atom. The summed E-state index contributed by atoms with van der Waals surface area (Å²) in [6.07, 6.45) is 11.4. The van der Waals surface area contributed by atoms with Gasteiger partial charge in [-0.15, -0.1) is 0 Å². The second-order valence-electron chi connectivity index (χ2n) is 3.69. The van der Waals surface area contributed by atoms with Crippen LogP contribution in [0.2, 0.25) is 0 Å². The van der Waals surface area contributed by atoms with Crippen molar-refractivity contribution in [3.8, 4) is 0 Å². The van der Waals surface area contributed by atoms with Gasteiger partial charge in [0.2, 0.25) is 0 Å². The lowest BCUT2D eigenvalue weighted by Gasteiger charge is -2.28. The first-order chi connectivity index (χ1) is 5.77. The van der Waals surface area contributed by atoms with E-state index in [1.165, 1.54) is 17.7 Å². The van der Waals surface area contributed by atoms with E-state index in [1.807, 2.05) is 0 Å². The maximum atomic E-state index is 2.38. The molecule has 0 fully saturated rings. The molecule has 1 unspecified atom stereocenters. The van der Waals surface area contributed by atoms with Crippen molar-refractivity contribution in [2.75, 3.05) is 7.05 Å². The van der Waals surface area contributed by atoms with Gasteiger partial charge in [0.1, 0.15) is 0 Å². The summed E-state index contributed by atoms with van der Waals surface area (Å²) >= 11 is 0. The summed E-state index contributed by atoms with van der Waals surface area (Å²) in [5, 5.41) is 0. The second kappa shape index (κ2) is 2.81. The highest BCUT2D eigenvalue weighted by Gasteiger charge is 2.16. The molecule has 1 atom stereocenters. The molecule has 12 heavy (non-hydrogen) atoms. The topological polar surface area (TPSA) is 3.24 Å². The van der Waals surface area contributed by atoms with Crippen LogP contribution < -0.4 is 0 Å². The zero-order valence-corrected chi connectivity index (χ0v) is 7.75. The van der Waals surface area contributed by atoms with E-state index >= 15 is 0 Å². The van der Waals surface area contributed by atoms with E-state index in [4.69, 9.17) is 0 Å². The molecule has 1 nitrogen and oxygen atoms in total.